The van der Waals surface area contributed by atoms with Crippen LogP contribution < -0.4 is 5.32 Å². The van der Waals surface area contributed by atoms with Crippen molar-refractivity contribution in [1.29, 1.82) is 0 Å². The monoisotopic (exact) mass is 272 g/mol. The van der Waals surface area contributed by atoms with Crippen LogP contribution in [0.15, 0.2) is 0 Å². The Balaban J connectivity index is 2.22. The highest BCUT2D eigenvalue weighted by Crippen LogP contribution is 2.12. The van der Waals surface area contributed by atoms with Gasteiger partial charge >= 0.3 is 12.1 Å². The zero-order valence-corrected chi connectivity index (χ0v) is 12.2. The van der Waals surface area contributed by atoms with Crippen molar-refractivity contribution in [1.82, 2.24) is 10.2 Å². The molecule has 6 heteroatoms. The number of hydrogen-bond donors (Lipinski definition) is 1. The Bertz CT molecular complexity index is 325. The third-order valence-corrected chi connectivity index (χ3v) is 2.83. The largest absolute Gasteiger partial charge is 0.460 e. The van der Waals surface area contributed by atoms with E-state index in [1.807, 2.05) is 20.8 Å². The number of likely N-dealkylation sites (tertiary alicyclic amines) is 1. The van der Waals surface area contributed by atoms with Gasteiger partial charge in [-0.3, -0.25) is 4.79 Å². The van der Waals surface area contributed by atoms with Crippen LogP contribution >= 0.6 is 0 Å². The fourth-order valence-corrected chi connectivity index (χ4v) is 2.02. The maximum Gasteiger partial charge on any atom is 0.407 e. The van der Waals surface area contributed by atoms with Crippen molar-refractivity contribution in [3.05, 3.63) is 0 Å². The first kappa shape index (κ1) is 15.8. The van der Waals surface area contributed by atoms with E-state index in [1.54, 1.807) is 0 Å². The zero-order valence-electron chi connectivity index (χ0n) is 12.2. The Hall–Kier alpha value is -1.30. The van der Waals surface area contributed by atoms with Gasteiger partial charge in [-0.15, -0.1) is 0 Å². The van der Waals surface area contributed by atoms with Crippen LogP contribution in [0.25, 0.3) is 0 Å². The van der Waals surface area contributed by atoms with Gasteiger partial charge in [-0.05, 0) is 27.2 Å². The summed E-state index contributed by atoms with van der Waals surface area (Å²) in [5.74, 6) is -0.183. The topological polar surface area (TPSA) is 67.9 Å². The van der Waals surface area contributed by atoms with Gasteiger partial charge in [0.05, 0.1) is 13.5 Å². The summed E-state index contributed by atoms with van der Waals surface area (Å²) in [6.07, 6.45) is 0.852. The van der Waals surface area contributed by atoms with Crippen molar-refractivity contribution in [2.24, 2.45) is 0 Å². The predicted molar refractivity (Wildman–Crippen MR) is 70.8 cm³/mol. The van der Waals surface area contributed by atoms with Crippen molar-refractivity contribution in [3.8, 4) is 0 Å². The summed E-state index contributed by atoms with van der Waals surface area (Å²) in [5.41, 5.74) is -0.433. The number of nitrogens with zero attached hydrogens (tertiary/aromatic N) is 1. The molecule has 1 heterocycles. The first-order valence-corrected chi connectivity index (χ1v) is 6.59. The van der Waals surface area contributed by atoms with Crippen LogP contribution in [0.1, 0.15) is 33.6 Å². The molecule has 1 aliphatic heterocycles. The number of esters is 1. The van der Waals surface area contributed by atoms with E-state index < -0.39 is 11.7 Å². The smallest absolute Gasteiger partial charge is 0.407 e. The first-order chi connectivity index (χ1) is 8.80. The normalized spacial score (nSPS) is 20.1. The fourth-order valence-electron chi connectivity index (χ4n) is 2.02. The van der Waals surface area contributed by atoms with Gasteiger partial charge in [0.1, 0.15) is 5.60 Å². The van der Waals surface area contributed by atoms with E-state index in [0.29, 0.717) is 13.0 Å². The van der Waals surface area contributed by atoms with Gasteiger partial charge in [-0.1, -0.05) is 0 Å². The molecule has 0 aromatic heterocycles. The van der Waals surface area contributed by atoms with E-state index >= 15 is 0 Å². The minimum Gasteiger partial charge on any atom is -0.460 e. The van der Waals surface area contributed by atoms with Crippen molar-refractivity contribution in [2.75, 3.05) is 26.7 Å². The lowest BCUT2D eigenvalue weighted by Gasteiger charge is -2.21. The van der Waals surface area contributed by atoms with Gasteiger partial charge in [0, 0.05) is 25.7 Å². The molecule has 1 rings (SSSR count). The van der Waals surface area contributed by atoms with Gasteiger partial charge in [-0.2, -0.15) is 0 Å². The van der Waals surface area contributed by atoms with Gasteiger partial charge in [0.25, 0.3) is 0 Å². The van der Waals surface area contributed by atoms with E-state index in [0.717, 1.165) is 19.5 Å². The number of carbonyl (C=O) groups excluding carboxylic acids is 2. The van der Waals surface area contributed by atoms with Gasteiger partial charge in [0.2, 0.25) is 0 Å². The van der Waals surface area contributed by atoms with Crippen molar-refractivity contribution >= 4 is 12.1 Å². The number of hydrogen-bond acceptors (Lipinski definition) is 5. The van der Waals surface area contributed by atoms with E-state index in [-0.39, 0.29) is 12.0 Å². The number of ether oxygens (including phenoxy) is 2. The molecule has 1 aliphatic rings. The maximum absolute atomic E-state index is 11.6. The predicted octanol–water partition coefficient (Wildman–Crippen LogP) is 1.15. The molecule has 0 radical (unpaired) electrons. The number of rotatable bonds is 4. The lowest BCUT2D eigenvalue weighted by atomic mass is 10.2. The number of carbonyl (C=O) groups is 2. The van der Waals surface area contributed by atoms with Crippen molar-refractivity contribution in [3.63, 3.8) is 0 Å². The lowest BCUT2D eigenvalue weighted by molar-refractivity contribution is -0.155. The highest BCUT2D eigenvalue weighted by molar-refractivity contribution is 5.70. The average Bonchev–Trinajstić information content (AvgIpc) is 2.71. The summed E-state index contributed by atoms with van der Waals surface area (Å²) < 4.78 is 9.81. The molecule has 6 nitrogen and oxygen atoms in total. The molecule has 0 spiro atoms. The molecule has 1 N–H and O–H groups in total. The third-order valence-electron chi connectivity index (χ3n) is 2.83. The number of nitrogens with one attached hydrogen (secondary N) is 1. The van der Waals surface area contributed by atoms with Gasteiger partial charge in [-0.25, -0.2) is 4.79 Å². The van der Waals surface area contributed by atoms with Crippen LogP contribution in [-0.2, 0) is 14.3 Å². The first-order valence-electron chi connectivity index (χ1n) is 6.59. The Morgan fingerprint density at radius 3 is 2.63 bits per heavy atom. The molecule has 0 aromatic carbocycles. The Kier molecular flexibility index (Phi) is 5.60. The van der Waals surface area contributed by atoms with Crippen LogP contribution in [0, 0.1) is 0 Å². The molecule has 110 valence electrons. The van der Waals surface area contributed by atoms with E-state index in [1.165, 1.54) is 7.11 Å². The summed E-state index contributed by atoms with van der Waals surface area (Å²) in [6, 6.07) is 0.103. The molecule has 1 unspecified atom stereocenters. The van der Waals surface area contributed by atoms with Crippen LogP contribution in [0.4, 0.5) is 4.79 Å². The highest BCUT2D eigenvalue weighted by Gasteiger charge is 2.25. The molecule has 1 atom stereocenters. The summed E-state index contributed by atoms with van der Waals surface area (Å²) in [7, 11) is 1.35. The Labute approximate surface area is 114 Å². The van der Waals surface area contributed by atoms with Crippen LogP contribution in [0.3, 0.4) is 0 Å². The number of alkyl carbamates (subject to hydrolysis) is 1. The van der Waals surface area contributed by atoms with E-state index in [9.17, 15) is 9.59 Å². The minimum atomic E-state index is -0.433. The van der Waals surface area contributed by atoms with E-state index in [2.05, 4.69) is 15.0 Å². The number of methoxy groups -OCH3 is 1. The van der Waals surface area contributed by atoms with E-state index in [4.69, 9.17) is 4.74 Å². The second-order valence-electron chi connectivity index (χ2n) is 5.76. The molecule has 19 heavy (non-hydrogen) atoms. The fraction of sp³-hybridized carbons (Fsp3) is 0.846. The molecule has 0 aromatic rings. The van der Waals surface area contributed by atoms with Crippen LogP contribution in [0.5, 0.6) is 0 Å². The summed E-state index contributed by atoms with van der Waals surface area (Å²) >= 11 is 0. The summed E-state index contributed by atoms with van der Waals surface area (Å²) in [5, 5.41) is 2.77. The maximum atomic E-state index is 11.6. The zero-order chi connectivity index (χ0) is 14.5. The quantitative estimate of drug-likeness (QED) is 0.778. The third kappa shape index (κ3) is 6.42. The molecule has 1 saturated heterocycles. The number of amides is 1. The minimum absolute atomic E-state index is 0.103. The molecule has 0 bridgehead atoms. The standard InChI is InChI=1S/C13H24N2O4/c1-13(2,3)19-11(16)6-8-15-7-5-10(9-15)14-12(17)18-4/h10H,5-9H2,1-4H3,(H,14,17). The average molecular weight is 272 g/mol. The highest BCUT2D eigenvalue weighted by atomic mass is 16.6. The molecular formula is C13H24N2O4. The van der Waals surface area contributed by atoms with Crippen LogP contribution in [-0.4, -0.2) is 55.3 Å². The molecular weight excluding hydrogens is 248 g/mol. The summed E-state index contributed by atoms with van der Waals surface area (Å²) in [6.45, 7) is 7.86. The lowest BCUT2D eigenvalue weighted by Crippen LogP contribution is -2.37. The molecule has 0 aliphatic carbocycles. The van der Waals surface area contributed by atoms with Gasteiger partial charge in [0.15, 0.2) is 0 Å². The molecule has 1 fully saturated rings. The van der Waals surface area contributed by atoms with Crippen molar-refractivity contribution in [2.45, 2.75) is 45.3 Å². The van der Waals surface area contributed by atoms with Gasteiger partial charge < -0.3 is 19.7 Å². The Morgan fingerprint density at radius 2 is 2.05 bits per heavy atom. The second-order valence-corrected chi connectivity index (χ2v) is 5.76. The SMILES string of the molecule is COC(=O)NC1CCN(CCC(=O)OC(C)(C)C)C1. The molecule has 0 saturated carbocycles. The Morgan fingerprint density at radius 1 is 1.37 bits per heavy atom. The molecule has 1 amide bonds. The summed E-state index contributed by atoms with van der Waals surface area (Å²) in [4.78, 5) is 24.8. The second kappa shape index (κ2) is 6.75. The van der Waals surface area contributed by atoms with Crippen LogP contribution in [0.2, 0.25) is 0 Å². The van der Waals surface area contributed by atoms with Crippen molar-refractivity contribution < 1.29 is 19.1 Å².